The second-order valence-electron chi connectivity index (χ2n) is 2.37. The highest BCUT2D eigenvalue weighted by atomic mass is 32.1. The number of nitrogens with two attached hydrogens (primary N) is 1. The van der Waals surface area contributed by atoms with Crippen molar-refractivity contribution in [1.82, 2.24) is 15.8 Å². The number of aromatic nitrogens is 1. The minimum absolute atomic E-state index is 0.0587. The summed E-state index contributed by atoms with van der Waals surface area (Å²) in [6, 6.07) is 4.23. The topological polar surface area (TPSA) is 100 Å². The Morgan fingerprint density at radius 2 is 2.14 bits per heavy atom. The van der Waals surface area contributed by atoms with Gasteiger partial charge < -0.3 is 10.7 Å². The van der Waals surface area contributed by atoms with Crippen LogP contribution in [0.25, 0.3) is 0 Å². The number of thiocarbonyl (C=S) groups is 1. The molecule has 0 radical (unpaired) electrons. The Labute approximate surface area is 84.5 Å². The first-order valence-electron chi connectivity index (χ1n) is 3.65. The smallest absolute Gasteiger partial charge is 0.286 e. The molecule has 74 valence electrons. The first-order chi connectivity index (χ1) is 6.59. The van der Waals surface area contributed by atoms with Crippen LogP contribution < -0.4 is 22.1 Å². The number of hydrogen-bond acceptors (Lipinski definition) is 3. The van der Waals surface area contributed by atoms with E-state index in [-0.39, 0.29) is 16.4 Å². The van der Waals surface area contributed by atoms with E-state index in [1.54, 1.807) is 0 Å². The lowest BCUT2D eigenvalue weighted by Gasteiger charge is -2.05. The fourth-order valence-electron chi connectivity index (χ4n) is 0.766. The predicted molar refractivity (Wildman–Crippen MR) is 54.4 cm³/mol. The molecule has 0 bridgehead atoms. The fourth-order valence-corrected chi connectivity index (χ4v) is 0.817. The van der Waals surface area contributed by atoms with Crippen LogP contribution >= 0.6 is 12.2 Å². The third-order valence-electron chi connectivity index (χ3n) is 1.31. The molecule has 1 aromatic rings. The van der Waals surface area contributed by atoms with Crippen LogP contribution in [0.15, 0.2) is 23.0 Å². The molecule has 1 amide bonds. The summed E-state index contributed by atoms with van der Waals surface area (Å²) in [4.78, 5) is 24.4. The second-order valence-corrected chi connectivity index (χ2v) is 2.81. The highest BCUT2D eigenvalue weighted by Crippen LogP contribution is 1.87. The molecule has 0 saturated carbocycles. The number of amides is 1. The zero-order valence-corrected chi connectivity index (χ0v) is 7.85. The molecule has 1 rings (SSSR count). The van der Waals surface area contributed by atoms with Crippen LogP contribution in [0.1, 0.15) is 10.5 Å². The maximum absolute atomic E-state index is 11.2. The van der Waals surface area contributed by atoms with Gasteiger partial charge in [0.1, 0.15) is 5.69 Å². The summed E-state index contributed by atoms with van der Waals surface area (Å²) in [5, 5.41) is -0.0587. The SMILES string of the molecule is NC(=S)NNC(=O)c1cccc(=O)[nH]1. The zero-order chi connectivity index (χ0) is 10.6. The van der Waals surface area contributed by atoms with Gasteiger partial charge in [-0.25, -0.2) is 0 Å². The van der Waals surface area contributed by atoms with E-state index in [9.17, 15) is 9.59 Å². The highest BCUT2D eigenvalue weighted by molar-refractivity contribution is 7.80. The minimum atomic E-state index is -0.518. The van der Waals surface area contributed by atoms with E-state index in [0.29, 0.717) is 0 Å². The van der Waals surface area contributed by atoms with Crippen molar-refractivity contribution in [1.29, 1.82) is 0 Å². The van der Waals surface area contributed by atoms with Gasteiger partial charge in [-0.2, -0.15) is 0 Å². The Kier molecular flexibility index (Phi) is 3.19. The van der Waals surface area contributed by atoms with Crippen molar-refractivity contribution in [3.05, 3.63) is 34.2 Å². The van der Waals surface area contributed by atoms with Crippen LogP contribution in [0.4, 0.5) is 0 Å². The number of pyridine rings is 1. The Hall–Kier alpha value is -1.89. The Morgan fingerprint density at radius 3 is 2.71 bits per heavy atom. The quantitative estimate of drug-likeness (QED) is 0.348. The second kappa shape index (κ2) is 4.38. The first kappa shape index (κ1) is 10.2. The van der Waals surface area contributed by atoms with Gasteiger partial charge in [-0.1, -0.05) is 6.07 Å². The van der Waals surface area contributed by atoms with E-state index < -0.39 is 5.91 Å². The van der Waals surface area contributed by atoms with Crippen LogP contribution in [0, 0.1) is 0 Å². The third-order valence-corrected chi connectivity index (χ3v) is 1.41. The van der Waals surface area contributed by atoms with Gasteiger partial charge >= 0.3 is 0 Å². The lowest BCUT2D eigenvalue weighted by atomic mass is 10.3. The van der Waals surface area contributed by atoms with Crippen molar-refractivity contribution < 1.29 is 4.79 Å². The summed E-state index contributed by atoms with van der Waals surface area (Å²) >= 11 is 4.47. The molecule has 7 heteroatoms. The molecule has 1 aromatic heterocycles. The number of rotatable bonds is 1. The van der Waals surface area contributed by atoms with Crippen LogP contribution in [-0.4, -0.2) is 16.0 Å². The number of aromatic amines is 1. The molecule has 0 atom stereocenters. The molecule has 0 aliphatic carbocycles. The van der Waals surface area contributed by atoms with Crippen molar-refractivity contribution in [3.8, 4) is 0 Å². The molecule has 0 aliphatic rings. The lowest BCUT2D eigenvalue weighted by Crippen LogP contribution is -2.44. The average molecular weight is 212 g/mol. The van der Waals surface area contributed by atoms with Gasteiger partial charge in [0.2, 0.25) is 5.56 Å². The fraction of sp³-hybridized carbons (Fsp3) is 0. The Morgan fingerprint density at radius 1 is 1.43 bits per heavy atom. The molecule has 0 saturated heterocycles. The van der Waals surface area contributed by atoms with Gasteiger partial charge in [0, 0.05) is 6.07 Å². The molecule has 14 heavy (non-hydrogen) atoms. The third kappa shape index (κ3) is 2.87. The minimum Gasteiger partial charge on any atom is -0.375 e. The number of hydrazine groups is 1. The average Bonchev–Trinajstić information content (AvgIpc) is 2.14. The Bertz CT molecular complexity index is 414. The van der Waals surface area contributed by atoms with Crippen molar-refractivity contribution >= 4 is 23.2 Å². The van der Waals surface area contributed by atoms with Gasteiger partial charge in [-0.15, -0.1) is 0 Å². The van der Waals surface area contributed by atoms with E-state index in [4.69, 9.17) is 5.73 Å². The summed E-state index contributed by atoms with van der Waals surface area (Å²) in [5.74, 6) is -0.518. The normalized spacial score (nSPS) is 9.14. The van der Waals surface area contributed by atoms with Crippen molar-refractivity contribution in [3.63, 3.8) is 0 Å². The van der Waals surface area contributed by atoms with Crippen LogP contribution in [0.3, 0.4) is 0 Å². The molecule has 0 unspecified atom stereocenters. The molecule has 0 fully saturated rings. The largest absolute Gasteiger partial charge is 0.375 e. The molecule has 0 spiro atoms. The van der Waals surface area contributed by atoms with Crippen LogP contribution in [0.5, 0.6) is 0 Å². The zero-order valence-electron chi connectivity index (χ0n) is 7.03. The number of carbonyl (C=O) groups is 1. The highest BCUT2D eigenvalue weighted by Gasteiger charge is 2.04. The van der Waals surface area contributed by atoms with Gasteiger partial charge in [0.25, 0.3) is 5.91 Å². The lowest BCUT2D eigenvalue weighted by molar-refractivity contribution is 0.0938. The van der Waals surface area contributed by atoms with Crippen LogP contribution in [-0.2, 0) is 0 Å². The van der Waals surface area contributed by atoms with Crippen molar-refractivity contribution in [2.24, 2.45) is 5.73 Å². The number of carbonyl (C=O) groups excluding carboxylic acids is 1. The summed E-state index contributed by atoms with van der Waals surface area (Å²) in [6.45, 7) is 0. The first-order valence-corrected chi connectivity index (χ1v) is 4.05. The molecule has 0 aliphatic heterocycles. The number of nitrogens with one attached hydrogen (secondary N) is 3. The molecule has 5 N–H and O–H groups in total. The van der Waals surface area contributed by atoms with Crippen molar-refractivity contribution in [2.75, 3.05) is 0 Å². The monoisotopic (exact) mass is 212 g/mol. The van der Waals surface area contributed by atoms with E-state index >= 15 is 0 Å². The predicted octanol–water partition coefficient (Wildman–Crippen LogP) is -1.15. The summed E-state index contributed by atoms with van der Waals surface area (Å²) in [5.41, 5.74) is 9.31. The van der Waals surface area contributed by atoms with Gasteiger partial charge in [0.05, 0.1) is 0 Å². The van der Waals surface area contributed by atoms with E-state index in [1.807, 2.05) is 0 Å². The van der Waals surface area contributed by atoms with Crippen LogP contribution in [0.2, 0.25) is 0 Å². The Balaban J connectivity index is 2.70. The maximum Gasteiger partial charge on any atom is 0.286 e. The molecule has 0 aromatic carbocycles. The molecule has 6 nitrogen and oxygen atoms in total. The summed E-state index contributed by atoms with van der Waals surface area (Å²) in [6.07, 6.45) is 0. The number of H-pyrrole nitrogens is 1. The van der Waals surface area contributed by atoms with E-state index in [2.05, 4.69) is 28.1 Å². The molecule has 1 heterocycles. The van der Waals surface area contributed by atoms with Crippen molar-refractivity contribution in [2.45, 2.75) is 0 Å². The molecular formula is C7H8N4O2S. The van der Waals surface area contributed by atoms with Gasteiger partial charge in [-0.3, -0.25) is 20.4 Å². The number of hydrogen-bond donors (Lipinski definition) is 4. The molecular weight excluding hydrogens is 204 g/mol. The maximum atomic E-state index is 11.2. The standard InChI is InChI=1S/C7H8N4O2S/c8-7(14)11-10-6(13)4-2-1-3-5(12)9-4/h1-3H,(H,9,12)(H,10,13)(H3,8,11,14). The van der Waals surface area contributed by atoms with E-state index in [0.717, 1.165) is 0 Å². The van der Waals surface area contributed by atoms with E-state index in [1.165, 1.54) is 18.2 Å². The van der Waals surface area contributed by atoms with Gasteiger partial charge in [-0.05, 0) is 18.3 Å². The summed E-state index contributed by atoms with van der Waals surface area (Å²) in [7, 11) is 0. The summed E-state index contributed by atoms with van der Waals surface area (Å²) < 4.78 is 0. The van der Waals surface area contributed by atoms with Gasteiger partial charge in [0.15, 0.2) is 5.11 Å².